The van der Waals surface area contributed by atoms with E-state index in [9.17, 15) is 0 Å². The van der Waals surface area contributed by atoms with Crippen LogP contribution in [0.3, 0.4) is 0 Å². The first kappa shape index (κ1) is 9.34. The third-order valence-corrected chi connectivity index (χ3v) is 3.37. The topological polar surface area (TPSA) is 4.10 Å². The van der Waals surface area contributed by atoms with Gasteiger partial charge in [-0.3, -0.25) is 0 Å². The maximum Gasteiger partial charge on any atom is 0.218 e. The van der Waals surface area contributed by atoms with Crippen LogP contribution in [0.25, 0.3) is 16.3 Å². The lowest BCUT2D eigenvalue weighted by Crippen LogP contribution is -2.26. The number of hydrogen-bond donors (Lipinski definition) is 0. The number of nitrogens with zero attached hydrogens (tertiary/aromatic N) is 1. The van der Waals surface area contributed by atoms with Gasteiger partial charge in [0.25, 0.3) is 0 Å². The molecule has 2 heterocycles. The Bertz CT molecular complexity index is 623. The Kier molecular flexibility index (Phi) is 1.93. The van der Waals surface area contributed by atoms with Gasteiger partial charge in [-0.25, -0.2) is 0 Å². The van der Waals surface area contributed by atoms with Gasteiger partial charge < -0.3 is 0 Å². The first-order valence-electron chi connectivity index (χ1n) is 5.57. The lowest BCUT2D eigenvalue weighted by atomic mass is 10.0. The SMILES string of the molecule is Cc1c(C)[n+]2ccccc2c2ccccc12. The van der Waals surface area contributed by atoms with Gasteiger partial charge in [-0.15, -0.1) is 0 Å². The summed E-state index contributed by atoms with van der Waals surface area (Å²) in [5.41, 5.74) is 3.95. The molecule has 1 aromatic carbocycles. The summed E-state index contributed by atoms with van der Waals surface area (Å²) in [6.07, 6.45) is 2.13. The predicted octanol–water partition coefficient (Wildman–Crippen LogP) is 3.20. The van der Waals surface area contributed by atoms with E-state index >= 15 is 0 Å². The Morgan fingerprint density at radius 3 is 2.31 bits per heavy atom. The van der Waals surface area contributed by atoms with Crippen molar-refractivity contribution in [3.8, 4) is 0 Å². The summed E-state index contributed by atoms with van der Waals surface area (Å²) < 4.78 is 2.26. The number of fused-ring (bicyclic) bond motifs is 3. The summed E-state index contributed by atoms with van der Waals surface area (Å²) >= 11 is 0. The van der Waals surface area contributed by atoms with E-state index in [0.717, 1.165) is 0 Å². The molecule has 16 heavy (non-hydrogen) atoms. The largest absolute Gasteiger partial charge is 0.218 e. The highest BCUT2D eigenvalue weighted by molar-refractivity contribution is 5.95. The van der Waals surface area contributed by atoms with Crippen LogP contribution in [0.1, 0.15) is 11.3 Å². The molecule has 0 aliphatic carbocycles. The van der Waals surface area contributed by atoms with Gasteiger partial charge in [0.05, 0.1) is 5.39 Å². The van der Waals surface area contributed by atoms with Crippen molar-refractivity contribution in [1.29, 1.82) is 0 Å². The van der Waals surface area contributed by atoms with Gasteiger partial charge in [-0.05, 0) is 24.4 Å². The molecule has 2 aromatic heterocycles. The average Bonchev–Trinajstić information content (AvgIpc) is 2.36. The van der Waals surface area contributed by atoms with Crippen LogP contribution in [0.5, 0.6) is 0 Å². The summed E-state index contributed by atoms with van der Waals surface area (Å²) in [6.45, 7) is 4.37. The van der Waals surface area contributed by atoms with Crippen LogP contribution in [0, 0.1) is 13.8 Å². The van der Waals surface area contributed by atoms with Crippen molar-refractivity contribution in [3.63, 3.8) is 0 Å². The van der Waals surface area contributed by atoms with Gasteiger partial charge in [-0.2, -0.15) is 4.40 Å². The summed E-state index contributed by atoms with van der Waals surface area (Å²) in [5, 5.41) is 2.68. The normalized spacial score (nSPS) is 11.1. The highest BCUT2D eigenvalue weighted by atomic mass is 14.9. The molecule has 3 aromatic rings. The summed E-state index contributed by atoms with van der Waals surface area (Å²) in [6, 6.07) is 14.9. The van der Waals surface area contributed by atoms with Crippen LogP contribution in [0.2, 0.25) is 0 Å². The molecule has 0 aliphatic rings. The summed E-state index contributed by atoms with van der Waals surface area (Å²) in [7, 11) is 0. The molecule has 0 fully saturated rings. The predicted molar refractivity (Wildman–Crippen MR) is 66.6 cm³/mol. The van der Waals surface area contributed by atoms with Crippen LogP contribution >= 0.6 is 0 Å². The molecular formula is C15H14N+. The monoisotopic (exact) mass is 208 g/mol. The average molecular weight is 208 g/mol. The minimum atomic E-state index is 1.28. The Labute approximate surface area is 95.0 Å². The molecule has 0 amide bonds. The zero-order chi connectivity index (χ0) is 11.1. The lowest BCUT2D eigenvalue weighted by Gasteiger charge is -2.04. The van der Waals surface area contributed by atoms with E-state index < -0.39 is 0 Å². The zero-order valence-electron chi connectivity index (χ0n) is 9.57. The van der Waals surface area contributed by atoms with Gasteiger partial charge >= 0.3 is 0 Å². The van der Waals surface area contributed by atoms with Gasteiger partial charge in [0.15, 0.2) is 11.9 Å². The Morgan fingerprint density at radius 2 is 1.50 bits per heavy atom. The van der Waals surface area contributed by atoms with Crippen molar-refractivity contribution in [1.82, 2.24) is 0 Å². The van der Waals surface area contributed by atoms with Crippen molar-refractivity contribution in [3.05, 3.63) is 59.9 Å². The lowest BCUT2D eigenvalue weighted by molar-refractivity contribution is -0.519. The van der Waals surface area contributed by atoms with Crippen molar-refractivity contribution in [2.24, 2.45) is 0 Å². The van der Waals surface area contributed by atoms with E-state index in [4.69, 9.17) is 0 Å². The Hall–Kier alpha value is -1.89. The molecule has 0 radical (unpaired) electrons. The minimum absolute atomic E-state index is 1.28. The van der Waals surface area contributed by atoms with E-state index in [2.05, 4.69) is 66.9 Å². The van der Waals surface area contributed by atoms with Crippen molar-refractivity contribution in [2.45, 2.75) is 13.8 Å². The molecule has 3 rings (SSSR count). The summed E-state index contributed by atoms with van der Waals surface area (Å²) in [5.74, 6) is 0. The summed E-state index contributed by atoms with van der Waals surface area (Å²) in [4.78, 5) is 0. The highest BCUT2D eigenvalue weighted by Crippen LogP contribution is 2.22. The van der Waals surface area contributed by atoms with Gasteiger partial charge in [0.1, 0.15) is 0 Å². The van der Waals surface area contributed by atoms with Gasteiger partial charge in [0.2, 0.25) is 5.52 Å². The number of aromatic nitrogens is 1. The molecule has 0 saturated heterocycles. The molecule has 0 N–H and O–H groups in total. The second-order valence-corrected chi connectivity index (χ2v) is 4.21. The second kappa shape index (κ2) is 3.31. The fourth-order valence-electron chi connectivity index (χ4n) is 2.36. The van der Waals surface area contributed by atoms with Crippen LogP contribution in [0.15, 0.2) is 48.7 Å². The third-order valence-electron chi connectivity index (χ3n) is 3.37. The molecule has 1 heteroatoms. The molecule has 0 atom stereocenters. The number of pyridine rings is 2. The molecule has 0 aliphatic heterocycles. The quantitative estimate of drug-likeness (QED) is 0.394. The molecule has 0 unspecified atom stereocenters. The zero-order valence-corrected chi connectivity index (χ0v) is 9.57. The van der Waals surface area contributed by atoms with Crippen molar-refractivity contribution in [2.75, 3.05) is 0 Å². The second-order valence-electron chi connectivity index (χ2n) is 4.21. The Morgan fingerprint density at radius 1 is 0.812 bits per heavy atom. The first-order valence-corrected chi connectivity index (χ1v) is 5.57. The first-order chi connectivity index (χ1) is 7.79. The molecule has 0 bridgehead atoms. The van der Waals surface area contributed by atoms with E-state index in [-0.39, 0.29) is 0 Å². The molecular weight excluding hydrogens is 194 g/mol. The maximum atomic E-state index is 2.26. The fraction of sp³-hybridized carbons (Fsp3) is 0.133. The standard InChI is InChI=1S/C15H14N/c1-11-12(2)16-10-6-5-9-15(16)14-8-4-3-7-13(11)14/h3-10H,1-2H3/q+1. The van der Waals surface area contributed by atoms with E-state index in [1.807, 2.05) is 0 Å². The van der Waals surface area contributed by atoms with Crippen molar-refractivity contribution < 1.29 is 4.40 Å². The molecule has 0 spiro atoms. The molecule has 0 saturated carbocycles. The van der Waals surface area contributed by atoms with Gasteiger partial charge in [0, 0.05) is 24.6 Å². The smallest absolute Gasteiger partial charge is 0.164 e. The molecule has 1 nitrogen and oxygen atoms in total. The van der Waals surface area contributed by atoms with Gasteiger partial charge in [-0.1, -0.05) is 18.2 Å². The number of aryl methyl sites for hydroxylation is 2. The number of benzene rings is 1. The third kappa shape index (κ3) is 1.15. The fourth-order valence-corrected chi connectivity index (χ4v) is 2.36. The molecule has 78 valence electrons. The van der Waals surface area contributed by atoms with Crippen LogP contribution < -0.4 is 4.40 Å². The number of hydrogen-bond acceptors (Lipinski definition) is 0. The Balaban J connectivity index is 2.69. The van der Waals surface area contributed by atoms with E-state index in [1.165, 1.54) is 27.5 Å². The highest BCUT2D eigenvalue weighted by Gasteiger charge is 2.14. The van der Waals surface area contributed by atoms with Crippen LogP contribution in [-0.2, 0) is 0 Å². The number of rotatable bonds is 0. The maximum absolute atomic E-state index is 2.26. The van der Waals surface area contributed by atoms with E-state index in [0.29, 0.717) is 0 Å². The van der Waals surface area contributed by atoms with Crippen molar-refractivity contribution >= 4 is 16.3 Å². The van der Waals surface area contributed by atoms with E-state index in [1.54, 1.807) is 0 Å². The minimum Gasteiger partial charge on any atom is -0.164 e. The van der Waals surface area contributed by atoms with Crippen LogP contribution in [0.4, 0.5) is 0 Å². The van der Waals surface area contributed by atoms with Crippen LogP contribution in [-0.4, -0.2) is 0 Å².